The molecule has 0 unspecified atom stereocenters. The Morgan fingerprint density at radius 2 is 1.96 bits per heavy atom. The maximum absolute atomic E-state index is 14.6. The summed E-state index contributed by atoms with van der Waals surface area (Å²) in [5.41, 5.74) is 3.03. The molecule has 0 aliphatic carbocycles. The molecule has 4 rings (SSSR count). The fourth-order valence-electron chi connectivity index (χ4n) is 2.97. The monoisotopic (exact) mass is 379 g/mol. The van der Waals surface area contributed by atoms with Crippen molar-refractivity contribution in [1.29, 1.82) is 0 Å². The highest BCUT2D eigenvalue weighted by Gasteiger charge is 2.15. The largest absolute Gasteiger partial charge is 0.460 e. The summed E-state index contributed by atoms with van der Waals surface area (Å²) in [6.07, 6.45) is 0. The number of nitrogens with zero attached hydrogens (tertiary/aromatic N) is 3. The summed E-state index contributed by atoms with van der Waals surface area (Å²) in [4.78, 5) is 12.4. The molecule has 0 bridgehead atoms. The molecule has 28 heavy (non-hydrogen) atoms. The highest BCUT2D eigenvalue weighted by molar-refractivity contribution is 6.03. The number of aromatic nitrogens is 4. The molecule has 0 saturated carbocycles. The predicted octanol–water partition coefficient (Wildman–Crippen LogP) is 4.17. The molecule has 0 aliphatic heterocycles. The van der Waals surface area contributed by atoms with Crippen molar-refractivity contribution >= 4 is 11.6 Å². The number of anilines is 1. The Morgan fingerprint density at radius 3 is 2.61 bits per heavy atom. The second-order valence-corrected chi connectivity index (χ2v) is 6.54. The Kier molecular flexibility index (Phi) is 4.31. The van der Waals surface area contributed by atoms with Crippen LogP contribution in [0.25, 0.3) is 17.1 Å². The van der Waals surface area contributed by atoms with Gasteiger partial charge in [0, 0.05) is 17.4 Å². The molecule has 0 fully saturated rings. The van der Waals surface area contributed by atoms with Gasteiger partial charge in [-0.2, -0.15) is 10.2 Å². The lowest BCUT2D eigenvalue weighted by Gasteiger charge is -2.08. The molecule has 3 aromatic heterocycles. The topological polar surface area (TPSA) is 88.7 Å². The number of rotatable bonds is 4. The van der Waals surface area contributed by atoms with Crippen molar-refractivity contribution in [1.82, 2.24) is 20.0 Å². The number of hydrogen-bond acceptors (Lipinski definition) is 4. The minimum absolute atomic E-state index is 0.173. The van der Waals surface area contributed by atoms with Crippen LogP contribution in [0.15, 0.2) is 46.9 Å². The third-order valence-electron chi connectivity index (χ3n) is 4.26. The van der Waals surface area contributed by atoms with Crippen LogP contribution in [0, 0.1) is 26.6 Å². The first kappa shape index (κ1) is 17.7. The highest BCUT2D eigenvalue weighted by atomic mass is 19.1. The number of carbonyl (C=O) groups is 1. The molecular weight excluding hydrogens is 361 g/mol. The number of amides is 1. The van der Waals surface area contributed by atoms with Crippen LogP contribution in [0.4, 0.5) is 10.1 Å². The van der Waals surface area contributed by atoms with E-state index in [4.69, 9.17) is 4.42 Å². The fraction of sp³-hybridized carbons (Fsp3) is 0.150. The van der Waals surface area contributed by atoms with E-state index in [0.717, 1.165) is 17.1 Å². The number of furan rings is 1. The number of halogens is 1. The van der Waals surface area contributed by atoms with E-state index in [2.05, 4.69) is 20.6 Å². The molecule has 0 atom stereocenters. The second kappa shape index (κ2) is 6.80. The molecule has 0 aliphatic rings. The Labute approximate surface area is 160 Å². The third-order valence-corrected chi connectivity index (χ3v) is 4.26. The first-order valence-electron chi connectivity index (χ1n) is 8.67. The van der Waals surface area contributed by atoms with Gasteiger partial charge in [0.1, 0.15) is 17.1 Å². The van der Waals surface area contributed by atoms with Crippen LogP contribution in [-0.2, 0) is 0 Å². The number of carbonyl (C=O) groups excluding carboxylic acids is 1. The Bertz CT molecular complexity index is 1170. The van der Waals surface area contributed by atoms with Crippen molar-refractivity contribution in [3.63, 3.8) is 0 Å². The molecule has 8 heteroatoms. The first-order chi connectivity index (χ1) is 13.4. The lowest BCUT2D eigenvalue weighted by Crippen LogP contribution is -2.13. The van der Waals surface area contributed by atoms with Crippen LogP contribution in [0.2, 0.25) is 0 Å². The highest BCUT2D eigenvalue weighted by Crippen LogP contribution is 2.22. The molecule has 0 saturated heterocycles. The van der Waals surface area contributed by atoms with Crippen LogP contribution >= 0.6 is 0 Å². The minimum Gasteiger partial charge on any atom is -0.460 e. The summed E-state index contributed by atoms with van der Waals surface area (Å²) in [5, 5.41) is 13.7. The molecular formula is C20H18FN5O2. The summed E-state index contributed by atoms with van der Waals surface area (Å²) in [6, 6.07) is 11.5. The number of hydrogen-bond donors (Lipinski definition) is 2. The van der Waals surface area contributed by atoms with E-state index in [1.165, 1.54) is 10.7 Å². The van der Waals surface area contributed by atoms with Crippen LogP contribution in [0.3, 0.4) is 0 Å². The molecule has 1 amide bonds. The summed E-state index contributed by atoms with van der Waals surface area (Å²) in [7, 11) is 0. The van der Waals surface area contributed by atoms with Crippen molar-refractivity contribution in [2.45, 2.75) is 20.8 Å². The van der Waals surface area contributed by atoms with Gasteiger partial charge in [-0.25, -0.2) is 9.07 Å². The van der Waals surface area contributed by atoms with Crippen LogP contribution < -0.4 is 5.32 Å². The standard InChI is InChI=1S/C20H18FN5O2/c1-11-8-12(2)26(25-11)18-6-5-14(9-15(18)21)22-20(27)17-10-16(23-24-17)19-7-4-13(3)28-19/h4-10H,1-3H3,(H,22,27)(H,23,24). The van der Waals surface area contributed by atoms with Crippen LogP contribution in [0.5, 0.6) is 0 Å². The van der Waals surface area contributed by atoms with Gasteiger partial charge in [0.05, 0.1) is 5.69 Å². The van der Waals surface area contributed by atoms with Gasteiger partial charge < -0.3 is 9.73 Å². The second-order valence-electron chi connectivity index (χ2n) is 6.54. The van der Waals surface area contributed by atoms with Crippen molar-refractivity contribution in [2.24, 2.45) is 0 Å². The zero-order chi connectivity index (χ0) is 19.8. The van der Waals surface area contributed by atoms with Gasteiger partial charge in [-0.05, 0) is 57.2 Å². The van der Waals surface area contributed by atoms with E-state index >= 15 is 0 Å². The number of H-pyrrole nitrogens is 1. The van der Waals surface area contributed by atoms with E-state index in [1.54, 1.807) is 24.3 Å². The van der Waals surface area contributed by atoms with Gasteiger partial charge in [-0.3, -0.25) is 9.89 Å². The van der Waals surface area contributed by atoms with Gasteiger partial charge in [-0.15, -0.1) is 0 Å². The van der Waals surface area contributed by atoms with Crippen LogP contribution in [0.1, 0.15) is 27.6 Å². The predicted molar refractivity (Wildman–Crippen MR) is 102 cm³/mol. The third kappa shape index (κ3) is 3.32. The van der Waals surface area contributed by atoms with Gasteiger partial charge in [0.2, 0.25) is 0 Å². The summed E-state index contributed by atoms with van der Waals surface area (Å²) in [5.74, 6) is 0.403. The number of benzene rings is 1. The van der Waals surface area contributed by atoms with E-state index in [1.807, 2.05) is 32.9 Å². The number of nitrogens with one attached hydrogen (secondary N) is 2. The molecule has 2 N–H and O–H groups in total. The average molecular weight is 379 g/mol. The Hall–Kier alpha value is -3.68. The maximum atomic E-state index is 14.6. The molecule has 4 aromatic rings. The van der Waals surface area contributed by atoms with E-state index in [9.17, 15) is 9.18 Å². The van der Waals surface area contributed by atoms with Crippen molar-refractivity contribution in [3.05, 3.63) is 71.1 Å². The molecule has 142 valence electrons. The van der Waals surface area contributed by atoms with Crippen LogP contribution in [-0.4, -0.2) is 25.9 Å². The lowest BCUT2D eigenvalue weighted by molar-refractivity contribution is 0.102. The summed E-state index contributed by atoms with van der Waals surface area (Å²) in [6.45, 7) is 5.53. The molecule has 0 spiro atoms. The van der Waals surface area contributed by atoms with Crippen molar-refractivity contribution < 1.29 is 13.6 Å². The van der Waals surface area contributed by atoms with E-state index < -0.39 is 11.7 Å². The first-order valence-corrected chi connectivity index (χ1v) is 8.67. The van der Waals surface area contributed by atoms with Gasteiger partial charge in [0.25, 0.3) is 5.91 Å². The molecule has 1 aromatic carbocycles. The summed E-state index contributed by atoms with van der Waals surface area (Å²) < 4.78 is 21.6. The van der Waals surface area contributed by atoms with E-state index in [-0.39, 0.29) is 5.69 Å². The fourth-order valence-corrected chi connectivity index (χ4v) is 2.97. The van der Waals surface area contributed by atoms with Crippen molar-refractivity contribution in [3.8, 4) is 17.1 Å². The van der Waals surface area contributed by atoms with E-state index in [0.29, 0.717) is 22.8 Å². The summed E-state index contributed by atoms with van der Waals surface area (Å²) >= 11 is 0. The zero-order valence-electron chi connectivity index (χ0n) is 15.6. The van der Waals surface area contributed by atoms with Crippen molar-refractivity contribution in [2.75, 3.05) is 5.32 Å². The SMILES string of the molecule is Cc1cc(C)n(-c2ccc(NC(=O)c3cc(-c4ccc(C)o4)[nH]n3)cc2F)n1. The number of aryl methyl sites for hydroxylation is 3. The Morgan fingerprint density at radius 1 is 1.14 bits per heavy atom. The number of aromatic amines is 1. The minimum atomic E-state index is -0.488. The van der Waals surface area contributed by atoms with Gasteiger partial charge in [-0.1, -0.05) is 0 Å². The van der Waals surface area contributed by atoms with Gasteiger partial charge in [0.15, 0.2) is 17.3 Å². The quantitative estimate of drug-likeness (QED) is 0.557. The zero-order valence-corrected chi connectivity index (χ0v) is 15.6. The molecule has 0 radical (unpaired) electrons. The average Bonchev–Trinajstić information content (AvgIpc) is 3.35. The smallest absolute Gasteiger partial charge is 0.276 e. The maximum Gasteiger partial charge on any atom is 0.276 e. The normalized spacial score (nSPS) is 11.0. The molecule has 7 nitrogen and oxygen atoms in total. The Balaban J connectivity index is 1.53. The van der Waals surface area contributed by atoms with Gasteiger partial charge >= 0.3 is 0 Å². The molecule has 3 heterocycles. The lowest BCUT2D eigenvalue weighted by atomic mass is 10.2.